The first-order valence-electron chi connectivity index (χ1n) is 12.0. The summed E-state index contributed by atoms with van der Waals surface area (Å²) in [5.74, 6) is 1.56. The van der Waals surface area contributed by atoms with Crippen LogP contribution in [0.5, 0.6) is 0 Å². The molecule has 8 aromatic rings. The Bertz CT molecular complexity index is 2100. The topological polar surface area (TPSA) is 48.0 Å². The van der Waals surface area contributed by atoms with E-state index in [1.807, 2.05) is 48.5 Å². The van der Waals surface area contributed by atoms with Crippen LogP contribution in [0.1, 0.15) is 0 Å². The van der Waals surface area contributed by atoms with Crippen LogP contribution in [-0.2, 0) is 0 Å². The number of nitrogens with zero attached hydrogens (tertiary/aromatic N) is 5. The fourth-order valence-electron chi connectivity index (χ4n) is 5.34. The molecule has 0 fully saturated rings. The van der Waals surface area contributed by atoms with Gasteiger partial charge < -0.3 is 0 Å². The van der Waals surface area contributed by atoms with Gasteiger partial charge in [0.15, 0.2) is 5.82 Å². The van der Waals surface area contributed by atoms with Crippen LogP contribution in [-0.4, -0.2) is 23.9 Å². The van der Waals surface area contributed by atoms with Gasteiger partial charge >= 0.3 is 0 Å². The zero-order chi connectivity index (χ0) is 23.6. The third-order valence-corrected chi connectivity index (χ3v) is 6.94. The third-order valence-electron chi connectivity index (χ3n) is 6.94. The van der Waals surface area contributed by atoms with Crippen LogP contribution >= 0.6 is 0 Å². The van der Waals surface area contributed by atoms with Crippen LogP contribution in [0.25, 0.3) is 66.6 Å². The quantitative estimate of drug-likeness (QED) is 0.274. The van der Waals surface area contributed by atoms with E-state index >= 15 is 0 Å². The summed E-state index contributed by atoms with van der Waals surface area (Å²) in [6.45, 7) is 0. The van der Waals surface area contributed by atoms with E-state index in [1.165, 1.54) is 5.39 Å². The van der Waals surface area contributed by atoms with Crippen molar-refractivity contribution in [3.8, 4) is 17.2 Å². The van der Waals surface area contributed by atoms with Crippen molar-refractivity contribution in [2.24, 2.45) is 0 Å². The Labute approximate surface area is 205 Å². The Kier molecular flexibility index (Phi) is 3.88. The molecule has 0 spiro atoms. The lowest BCUT2D eigenvalue weighted by atomic mass is 10.1. The molecule has 4 heterocycles. The zero-order valence-electron chi connectivity index (χ0n) is 19.2. The maximum atomic E-state index is 5.19. The van der Waals surface area contributed by atoms with E-state index in [2.05, 4.69) is 75.8 Å². The molecule has 8 rings (SSSR count). The number of benzene rings is 4. The molecule has 0 aliphatic rings. The second-order valence-corrected chi connectivity index (χ2v) is 8.98. The molecule has 168 valence electrons. The molecule has 0 radical (unpaired) electrons. The molecule has 4 aromatic carbocycles. The molecule has 4 aromatic heterocycles. The van der Waals surface area contributed by atoms with Crippen molar-refractivity contribution < 1.29 is 0 Å². The van der Waals surface area contributed by atoms with Crippen molar-refractivity contribution in [2.75, 3.05) is 0 Å². The first-order chi connectivity index (χ1) is 17.9. The summed E-state index contributed by atoms with van der Waals surface area (Å²) in [4.78, 5) is 15.2. The molecule has 0 N–H and O–H groups in total. The van der Waals surface area contributed by atoms with E-state index in [0.717, 1.165) is 55.4 Å². The molecule has 0 aliphatic carbocycles. The highest BCUT2D eigenvalue weighted by molar-refractivity contribution is 6.18. The van der Waals surface area contributed by atoms with Gasteiger partial charge in [-0.2, -0.15) is 0 Å². The number of pyridine rings is 1. The summed E-state index contributed by atoms with van der Waals surface area (Å²) in [7, 11) is 0. The molecule has 36 heavy (non-hydrogen) atoms. The van der Waals surface area contributed by atoms with Gasteiger partial charge in [0, 0.05) is 27.9 Å². The van der Waals surface area contributed by atoms with Gasteiger partial charge in [-0.1, -0.05) is 66.7 Å². The van der Waals surface area contributed by atoms with Gasteiger partial charge in [-0.25, -0.2) is 15.0 Å². The normalized spacial score (nSPS) is 11.9. The number of hydrogen-bond acceptors (Lipinski definition) is 3. The van der Waals surface area contributed by atoms with E-state index in [1.54, 1.807) is 0 Å². The first-order valence-corrected chi connectivity index (χ1v) is 12.0. The summed E-state index contributed by atoms with van der Waals surface area (Å²) < 4.78 is 4.42. The Morgan fingerprint density at radius 1 is 0.528 bits per heavy atom. The maximum absolute atomic E-state index is 5.19. The molecule has 5 nitrogen and oxygen atoms in total. The number of aromatic nitrogens is 5. The SMILES string of the molecule is c1ccc(-c2nc(-n3c4ccccc4c4ccc5c(nc6ccccn65)c43)c3ccccc3n2)cc1. The minimum atomic E-state index is 0.706. The smallest absolute Gasteiger partial charge is 0.162 e. The number of rotatable bonds is 2. The van der Waals surface area contributed by atoms with Crippen molar-refractivity contribution in [2.45, 2.75) is 0 Å². The molecule has 0 saturated heterocycles. The maximum Gasteiger partial charge on any atom is 0.162 e. The van der Waals surface area contributed by atoms with Gasteiger partial charge in [0.05, 0.1) is 22.1 Å². The first kappa shape index (κ1) is 19.3. The van der Waals surface area contributed by atoms with Crippen LogP contribution in [0, 0.1) is 0 Å². The number of imidazole rings is 1. The third kappa shape index (κ3) is 2.62. The average Bonchev–Trinajstić information content (AvgIpc) is 3.49. The Balaban J connectivity index is 1.60. The van der Waals surface area contributed by atoms with Crippen LogP contribution in [0.2, 0.25) is 0 Å². The van der Waals surface area contributed by atoms with Crippen molar-refractivity contribution in [3.05, 3.63) is 115 Å². The fourth-order valence-corrected chi connectivity index (χ4v) is 5.34. The second-order valence-electron chi connectivity index (χ2n) is 8.98. The minimum Gasteiger partial charge on any atom is -0.300 e. The highest BCUT2D eigenvalue weighted by Crippen LogP contribution is 2.38. The Morgan fingerprint density at radius 2 is 1.31 bits per heavy atom. The van der Waals surface area contributed by atoms with Crippen LogP contribution in [0.4, 0.5) is 0 Å². The summed E-state index contributed by atoms with van der Waals surface area (Å²) in [6.07, 6.45) is 2.07. The fraction of sp³-hybridized carbons (Fsp3) is 0. The molecule has 0 atom stereocenters. The summed E-state index contributed by atoms with van der Waals surface area (Å²) >= 11 is 0. The highest BCUT2D eigenvalue weighted by atomic mass is 15.1. The average molecular weight is 462 g/mol. The molecular formula is C31H19N5. The molecule has 0 bridgehead atoms. The summed E-state index contributed by atoms with van der Waals surface area (Å²) in [6, 6.07) is 37.4. The predicted molar refractivity (Wildman–Crippen MR) is 146 cm³/mol. The number of para-hydroxylation sites is 2. The van der Waals surface area contributed by atoms with Crippen LogP contribution in [0.3, 0.4) is 0 Å². The molecule has 0 aliphatic heterocycles. The van der Waals surface area contributed by atoms with Gasteiger partial charge in [-0.15, -0.1) is 0 Å². The van der Waals surface area contributed by atoms with Gasteiger partial charge in [0.25, 0.3) is 0 Å². The standard InChI is InChI=1S/C31H19N5/c1-2-10-20(11-3-1)30-32-24-14-6-4-13-23(24)31(34-30)36-25-15-7-5-12-21(25)22-17-18-26-28(29(22)36)33-27-16-8-9-19-35(26)27/h1-19H. The lowest BCUT2D eigenvalue weighted by Gasteiger charge is -2.12. The molecule has 0 amide bonds. The van der Waals surface area contributed by atoms with E-state index in [4.69, 9.17) is 15.0 Å². The summed E-state index contributed by atoms with van der Waals surface area (Å²) in [5, 5.41) is 3.33. The second kappa shape index (κ2) is 7.23. The summed E-state index contributed by atoms with van der Waals surface area (Å²) in [5.41, 5.74) is 7.01. The molecule has 5 heteroatoms. The van der Waals surface area contributed by atoms with Crippen molar-refractivity contribution in [1.82, 2.24) is 23.9 Å². The van der Waals surface area contributed by atoms with Crippen LogP contribution in [0.15, 0.2) is 115 Å². The monoisotopic (exact) mass is 461 g/mol. The zero-order valence-corrected chi connectivity index (χ0v) is 19.2. The Hall–Kier alpha value is -5.03. The van der Waals surface area contributed by atoms with Crippen LogP contribution < -0.4 is 0 Å². The largest absolute Gasteiger partial charge is 0.300 e. The highest BCUT2D eigenvalue weighted by Gasteiger charge is 2.20. The van der Waals surface area contributed by atoms with Gasteiger partial charge in [-0.05, 0) is 42.5 Å². The van der Waals surface area contributed by atoms with Gasteiger partial charge in [0.2, 0.25) is 0 Å². The van der Waals surface area contributed by atoms with Gasteiger partial charge in [0.1, 0.15) is 17.0 Å². The van der Waals surface area contributed by atoms with Crippen molar-refractivity contribution in [3.63, 3.8) is 0 Å². The van der Waals surface area contributed by atoms with E-state index in [-0.39, 0.29) is 0 Å². The predicted octanol–water partition coefficient (Wildman–Crippen LogP) is 7.19. The van der Waals surface area contributed by atoms with Gasteiger partial charge in [-0.3, -0.25) is 8.97 Å². The molecule has 0 saturated carbocycles. The van der Waals surface area contributed by atoms with E-state index in [0.29, 0.717) is 5.82 Å². The molecule has 0 unspecified atom stereocenters. The lowest BCUT2D eigenvalue weighted by Crippen LogP contribution is -2.03. The van der Waals surface area contributed by atoms with E-state index in [9.17, 15) is 0 Å². The lowest BCUT2D eigenvalue weighted by molar-refractivity contribution is 1.08. The van der Waals surface area contributed by atoms with E-state index < -0.39 is 0 Å². The Morgan fingerprint density at radius 3 is 2.22 bits per heavy atom. The number of fused-ring (bicyclic) bond motifs is 8. The minimum absolute atomic E-state index is 0.706. The number of hydrogen-bond donors (Lipinski definition) is 0. The van der Waals surface area contributed by atoms with Crippen molar-refractivity contribution >= 4 is 49.4 Å². The molecular weight excluding hydrogens is 442 g/mol. The van der Waals surface area contributed by atoms with Crippen molar-refractivity contribution in [1.29, 1.82) is 0 Å².